The first kappa shape index (κ1) is 18.3. The molecule has 0 aliphatic carbocycles. The van der Waals surface area contributed by atoms with E-state index in [-0.39, 0.29) is 17.9 Å². The van der Waals surface area contributed by atoms with Crippen LogP contribution in [0.4, 0.5) is 0 Å². The summed E-state index contributed by atoms with van der Waals surface area (Å²) >= 11 is 6.06. The Morgan fingerprint density at radius 2 is 2.12 bits per heavy atom. The second-order valence-corrected chi connectivity index (χ2v) is 6.66. The van der Waals surface area contributed by atoms with Crippen molar-refractivity contribution in [3.63, 3.8) is 0 Å². The predicted octanol–water partition coefficient (Wildman–Crippen LogP) is 2.38. The lowest BCUT2D eigenvalue weighted by Gasteiger charge is -2.31. The van der Waals surface area contributed by atoms with E-state index in [1.165, 1.54) is 0 Å². The maximum atomic E-state index is 12.6. The van der Waals surface area contributed by atoms with Crippen molar-refractivity contribution in [2.45, 2.75) is 32.4 Å². The number of hydrogen-bond acceptors (Lipinski definition) is 4. The Bertz CT molecular complexity index is 771. The van der Waals surface area contributed by atoms with E-state index in [1.54, 1.807) is 42.3 Å². The first-order valence-electron chi connectivity index (χ1n) is 8.51. The van der Waals surface area contributed by atoms with Crippen LogP contribution in [0.1, 0.15) is 35.8 Å². The molecule has 2 aromatic rings. The number of piperidine rings is 1. The van der Waals surface area contributed by atoms with Crippen LogP contribution in [0.3, 0.4) is 0 Å². The van der Waals surface area contributed by atoms with Crippen molar-refractivity contribution in [2.75, 3.05) is 13.1 Å². The number of benzene rings is 1. The van der Waals surface area contributed by atoms with Gasteiger partial charge in [0.05, 0.1) is 17.8 Å². The Balaban J connectivity index is 1.66. The van der Waals surface area contributed by atoms with Gasteiger partial charge in [0, 0.05) is 44.1 Å². The van der Waals surface area contributed by atoms with Gasteiger partial charge in [-0.2, -0.15) is 5.10 Å². The molecule has 7 nitrogen and oxygen atoms in total. The Hall–Kier alpha value is -2.54. The molecular formula is C18H21ClN4O3. The van der Waals surface area contributed by atoms with Crippen molar-refractivity contribution in [2.24, 2.45) is 0 Å². The molecule has 3 rings (SSSR count). The zero-order valence-corrected chi connectivity index (χ0v) is 15.3. The summed E-state index contributed by atoms with van der Waals surface area (Å²) in [7, 11) is 0. The van der Waals surface area contributed by atoms with E-state index in [2.05, 4.69) is 15.5 Å². The number of carbonyl (C=O) groups is 2. The second-order valence-electron chi connectivity index (χ2n) is 6.23. The van der Waals surface area contributed by atoms with Crippen LogP contribution in [-0.2, 0) is 11.3 Å². The van der Waals surface area contributed by atoms with Crippen LogP contribution >= 0.6 is 11.6 Å². The molecule has 0 saturated carbocycles. The van der Waals surface area contributed by atoms with E-state index < -0.39 is 0 Å². The average Bonchev–Trinajstić information content (AvgIpc) is 3.15. The number of nitrogens with zero attached hydrogens (tertiary/aromatic N) is 2. The van der Waals surface area contributed by atoms with Gasteiger partial charge >= 0.3 is 0 Å². The molecule has 1 aromatic heterocycles. The molecule has 1 aliphatic rings. The number of nitrogens with one attached hydrogen (secondary N) is 2. The van der Waals surface area contributed by atoms with Crippen molar-refractivity contribution < 1.29 is 14.3 Å². The van der Waals surface area contributed by atoms with Crippen molar-refractivity contribution >= 4 is 23.4 Å². The van der Waals surface area contributed by atoms with Crippen molar-refractivity contribution in [1.29, 1.82) is 0 Å². The number of amides is 2. The third-order valence-corrected chi connectivity index (χ3v) is 4.60. The monoisotopic (exact) mass is 376 g/mol. The maximum Gasteiger partial charge on any atom is 0.255 e. The van der Waals surface area contributed by atoms with Gasteiger partial charge in [0.25, 0.3) is 5.91 Å². The number of ether oxygens (including phenoxy) is 1. The van der Waals surface area contributed by atoms with Crippen LogP contribution in [0.2, 0.25) is 5.02 Å². The molecule has 1 aromatic carbocycles. The molecule has 0 unspecified atom stereocenters. The highest BCUT2D eigenvalue weighted by atomic mass is 35.5. The molecule has 2 heterocycles. The average molecular weight is 377 g/mol. The number of likely N-dealkylation sites (tertiary alicyclic amines) is 1. The fourth-order valence-electron chi connectivity index (χ4n) is 2.90. The molecule has 1 saturated heterocycles. The topological polar surface area (TPSA) is 87.3 Å². The molecule has 1 aliphatic heterocycles. The lowest BCUT2D eigenvalue weighted by molar-refractivity contribution is -0.130. The van der Waals surface area contributed by atoms with Gasteiger partial charge in [-0.05, 0) is 24.3 Å². The minimum absolute atomic E-state index is 0.0362. The Morgan fingerprint density at radius 3 is 2.77 bits per heavy atom. The number of H-pyrrole nitrogens is 1. The fourth-order valence-corrected chi connectivity index (χ4v) is 3.08. The van der Waals surface area contributed by atoms with Crippen LogP contribution in [0.15, 0.2) is 30.5 Å². The molecule has 1 fully saturated rings. The number of carbonyl (C=O) groups excluding carboxylic acids is 2. The highest BCUT2D eigenvalue weighted by molar-refractivity contribution is 6.31. The molecule has 0 atom stereocenters. The second kappa shape index (κ2) is 8.23. The van der Waals surface area contributed by atoms with Gasteiger partial charge in [-0.3, -0.25) is 14.7 Å². The van der Waals surface area contributed by atoms with Gasteiger partial charge in [-0.25, -0.2) is 0 Å². The first-order valence-corrected chi connectivity index (χ1v) is 8.89. The standard InChI is InChI=1S/C18H21ClN4O3/c1-12(24)23-8-5-15(6-9-23)26-17-3-2-13(19)10-16(17)18(25)20-11-14-4-7-21-22-14/h2-4,7,10,15H,5-6,8-9,11H2,1H3,(H,20,25)(H,21,22). The summed E-state index contributed by atoms with van der Waals surface area (Å²) in [5.74, 6) is 0.310. The number of aromatic nitrogens is 2. The van der Waals surface area contributed by atoms with Gasteiger partial charge in [-0.1, -0.05) is 11.6 Å². The fraction of sp³-hybridized carbons (Fsp3) is 0.389. The third-order valence-electron chi connectivity index (χ3n) is 4.36. The quantitative estimate of drug-likeness (QED) is 0.838. The minimum Gasteiger partial charge on any atom is -0.489 e. The summed E-state index contributed by atoms with van der Waals surface area (Å²) < 4.78 is 6.05. The lowest BCUT2D eigenvalue weighted by Crippen LogP contribution is -2.40. The molecule has 138 valence electrons. The minimum atomic E-state index is -0.265. The molecule has 0 spiro atoms. The van der Waals surface area contributed by atoms with Gasteiger partial charge in [0.15, 0.2) is 0 Å². The van der Waals surface area contributed by atoms with Gasteiger partial charge < -0.3 is 15.0 Å². The van der Waals surface area contributed by atoms with Crippen molar-refractivity contribution in [1.82, 2.24) is 20.4 Å². The van der Waals surface area contributed by atoms with Crippen LogP contribution in [0, 0.1) is 0 Å². The van der Waals surface area contributed by atoms with Crippen LogP contribution < -0.4 is 10.1 Å². The SMILES string of the molecule is CC(=O)N1CCC(Oc2ccc(Cl)cc2C(=O)NCc2ccn[nH]2)CC1. The Labute approximate surface area is 156 Å². The molecule has 2 N–H and O–H groups in total. The van der Waals surface area contributed by atoms with Crippen LogP contribution in [-0.4, -0.2) is 46.1 Å². The number of rotatable bonds is 5. The number of hydrogen-bond donors (Lipinski definition) is 2. The number of halogens is 1. The van der Waals surface area contributed by atoms with Crippen molar-refractivity contribution in [3.05, 3.63) is 46.7 Å². The smallest absolute Gasteiger partial charge is 0.255 e. The summed E-state index contributed by atoms with van der Waals surface area (Å²) in [6.07, 6.45) is 3.06. The summed E-state index contributed by atoms with van der Waals surface area (Å²) in [6.45, 7) is 3.23. The number of aromatic amines is 1. The van der Waals surface area contributed by atoms with E-state index in [0.717, 1.165) is 18.5 Å². The molecule has 0 radical (unpaired) electrons. The largest absolute Gasteiger partial charge is 0.489 e. The summed E-state index contributed by atoms with van der Waals surface area (Å²) in [5.41, 5.74) is 1.20. The lowest BCUT2D eigenvalue weighted by atomic mass is 10.1. The van der Waals surface area contributed by atoms with E-state index in [4.69, 9.17) is 16.3 Å². The molecule has 0 bridgehead atoms. The first-order chi connectivity index (χ1) is 12.5. The van der Waals surface area contributed by atoms with Gasteiger partial charge in [-0.15, -0.1) is 0 Å². The zero-order valence-electron chi connectivity index (χ0n) is 14.5. The van der Waals surface area contributed by atoms with E-state index in [9.17, 15) is 9.59 Å². The maximum absolute atomic E-state index is 12.6. The summed E-state index contributed by atoms with van der Waals surface area (Å²) in [6, 6.07) is 6.81. The Kier molecular flexibility index (Phi) is 5.78. The van der Waals surface area contributed by atoms with E-state index in [0.29, 0.717) is 36.0 Å². The third kappa shape index (κ3) is 4.54. The molecule has 26 heavy (non-hydrogen) atoms. The van der Waals surface area contributed by atoms with E-state index in [1.807, 2.05) is 0 Å². The van der Waals surface area contributed by atoms with E-state index >= 15 is 0 Å². The summed E-state index contributed by atoms with van der Waals surface area (Å²) in [4.78, 5) is 25.8. The Morgan fingerprint density at radius 1 is 1.35 bits per heavy atom. The van der Waals surface area contributed by atoms with Crippen LogP contribution in [0.5, 0.6) is 5.75 Å². The highest BCUT2D eigenvalue weighted by Crippen LogP contribution is 2.26. The molecule has 8 heteroatoms. The molecular weight excluding hydrogens is 356 g/mol. The predicted molar refractivity (Wildman–Crippen MR) is 97.1 cm³/mol. The summed E-state index contributed by atoms with van der Waals surface area (Å²) in [5, 5.41) is 9.94. The van der Waals surface area contributed by atoms with Gasteiger partial charge in [0.2, 0.25) is 5.91 Å². The normalized spacial score (nSPS) is 14.9. The zero-order chi connectivity index (χ0) is 18.5. The highest BCUT2D eigenvalue weighted by Gasteiger charge is 2.23. The van der Waals surface area contributed by atoms with Gasteiger partial charge in [0.1, 0.15) is 11.9 Å². The molecule has 2 amide bonds. The van der Waals surface area contributed by atoms with Crippen LogP contribution in [0.25, 0.3) is 0 Å². The van der Waals surface area contributed by atoms with Crippen molar-refractivity contribution in [3.8, 4) is 5.75 Å².